The number of hydrogen-bond donors (Lipinski definition) is 2. The van der Waals surface area contributed by atoms with Gasteiger partial charge in [0, 0.05) is 29.6 Å². The van der Waals surface area contributed by atoms with E-state index < -0.39 is 4.92 Å². The van der Waals surface area contributed by atoms with Crippen molar-refractivity contribution in [1.82, 2.24) is 4.98 Å². The van der Waals surface area contributed by atoms with Crippen molar-refractivity contribution in [3.63, 3.8) is 0 Å². The summed E-state index contributed by atoms with van der Waals surface area (Å²) in [4.78, 5) is 13.3. The predicted octanol–water partition coefficient (Wildman–Crippen LogP) is 0.939. The number of nitrogens with two attached hydrogens (primary N) is 1. The molecule has 0 radical (unpaired) electrons. The van der Waals surface area contributed by atoms with Gasteiger partial charge in [0.25, 0.3) is 0 Å². The normalized spacial score (nSPS) is 11.0. The predicted molar refractivity (Wildman–Crippen MR) is 51.8 cm³/mol. The van der Waals surface area contributed by atoms with Crippen LogP contribution in [0.3, 0.4) is 0 Å². The van der Waals surface area contributed by atoms with Crippen molar-refractivity contribution in [3.8, 4) is 0 Å². The number of hydrogen-bond acceptors (Lipinski definition) is 5. The third-order valence-corrected chi connectivity index (χ3v) is 1.60. The molecular formula is C8H8N4O2. The van der Waals surface area contributed by atoms with E-state index in [9.17, 15) is 10.1 Å². The second kappa shape index (κ2) is 4.13. The van der Waals surface area contributed by atoms with E-state index in [0.717, 1.165) is 6.21 Å². The molecule has 14 heavy (non-hydrogen) atoms. The number of nitro groups is 1. The Morgan fingerprint density at radius 2 is 2.36 bits per heavy atom. The average molecular weight is 192 g/mol. The van der Waals surface area contributed by atoms with E-state index in [-0.39, 0.29) is 5.82 Å². The van der Waals surface area contributed by atoms with Gasteiger partial charge in [-0.05, 0) is 16.0 Å². The van der Waals surface area contributed by atoms with Crippen LogP contribution in [0.25, 0.3) is 5.57 Å². The highest BCUT2D eigenvalue weighted by atomic mass is 16.6. The molecule has 0 unspecified atom stereocenters. The number of allylic oxidation sites excluding steroid dienone is 1. The summed E-state index contributed by atoms with van der Waals surface area (Å²) in [6, 6.07) is 2.76. The van der Waals surface area contributed by atoms with Gasteiger partial charge in [-0.15, -0.1) is 0 Å². The molecule has 6 nitrogen and oxygen atoms in total. The Morgan fingerprint density at radius 1 is 1.64 bits per heavy atom. The van der Waals surface area contributed by atoms with Gasteiger partial charge < -0.3 is 21.3 Å². The Balaban J connectivity index is 3.05. The van der Waals surface area contributed by atoms with E-state index in [0.29, 0.717) is 11.1 Å². The first kappa shape index (κ1) is 9.85. The van der Waals surface area contributed by atoms with Crippen LogP contribution in [0.5, 0.6) is 0 Å². The molecule has 0 spiro atoms. The molecule has 0 atom stereocenters. The fraction of sp³-hybridized carbons (Fsp3) is 0. The molecule has 3 N–H and O–H groups in total. The lowest BCUT2D eigenvalue weighted by Gasteiger charge is -1.96. The van der Waals surface area contributed by atoms with E-state index >= 15 is 0 Å². The largest absolute Gasteiger partial charge is 0.404 e. The number of rotatable bonds is 3. The molecule has 0 aliphatic carbocycles. The van der Waals surface area contributed by atoms with Gasteiger partial charge in [-0.2, -0.15) is 0 Å². The molecule has 6 heteroatoms. The molecule has 0 saturated carbocycles. The van der Waals surface area contributed by atoms with E-state index in [2.05, 4.69) is 4.98 Å². The van der Waals surface area contributed by atoms with Gasteiger partial charge in [-0.1, -0.05) is 0 Å². The zero-order valence-corrected chi connectivity index (χ0v) is 7.18. The summed E-state index contributed by atoms with van der Waals surface area (Å²) in [5.41, 5.74) is 6.28. The van der Waals surface area contributed by atoms with Gasteiger partial charge in [0.15, 0.2) is 0 Å². The quantitative estimate of drug-likeness (QED) is 0.422. The summed E-state index contributed by atoms with van der Waals surface area (Å²) in [6.07, 6.45) is 3.61. The van der Waals surface area contributed by atoms with Crippen LogP contribution in [-0.2, 0) is 0 Å². The molecule has 1 heterocycles. The Bertz CT molecular complexity index is 383. The SMILES string of the molecule is N=CC(=CN)c1ccc([N+](=O)[O-])nc1. The van der Waals surface area contributed by atoms with Crippen LogP contribution in [0, 0.1) is 15.5 Å². The van der Waals surface area contributed by atoms with Crippen LogP contribution in [0.4, 0.5) is 5.82 Å². The zero-order chi connectivity index (χ0) is 10.6. The highest BCUT2D eigenvalue weighted by Gasteiger charge is 2.07. The Kier molecular flexibility index (Phi) is 2.90. The van der Waals surface area contributed by atoms with Crippen molar-refractivity contribution in [1.29, 1.82) is 5.41 Å². The second-order valence-corrected chi connectivity index (χ2v) is 2.43. The van der Waals surface area contributed by atoms with E-state index in [1.165, 1.54) is 24.5 Å². The van der Waals surface area contributed by atoms with E-state index in [1.807, 2.05) is 0 Å². The Morgan fingerprint density at radius 3 is 2.71 bits per heavy atom. The molecule has 0 amide bonds. The summed E-state index contributed by atoms with van der Waals surface area (Å²) in [6.45, 7) is 0. The summed E-state index contributed by atoms with van der Waals surface area (Å²) in [5.74, 6) is -0.227. The lowest BCUT2D eigenvalue weighted by Crippen LogP contribution is -1.95. The number of aromatic nitrogens is 1. The minimum Gasteiger partial charge on any atom is -0.404 e. The Hall–Kier alpha value is -2.24. The summed E-state index contributed by atoms with van der Waals surface area (Å²) < 4.78 is 0. The van der Waals surface area contributed by atoms with Crippen LogP contribution in [0.1, 0.15) is 5.56 Å². The van der Waals surface area contributed by atoms with Gasteiger partial charge in [-0.25, -0.2) is 0 Å². The van der Waals surface area contributed by atoms with E-state index in [1.54, 1.807) is 0 Å². The maximum absolute atomic E-state index is 10.3. The average Bonchev–Trinajstić information content (AvgIpc) is 2.20. The van der Waals surface area contributed by atoms with Gasteiger partial charge >= 0.3 is 5.82 Å². The minimum absolute atomic E-state index is 0.227. The lowest BCUT2D eigenvalue weighted by atomic mass is 10.1. The van der Waals surface area contributed by atoms with Crippen molar-refractivity contribution in [2.45, 2.75) is 0 Å². The molecule has 0 aliphatic heterocycles. The van der Waals surface area contributed by atoms with Gasteiger partial charge in [-0.3, -0.25) is 0 Å². The highest BCUT2D eigenvalue weighted by molar-refractivity contribution is 6.07. The maximum Gasteiger partial charge on any atom is 0.363 e. The fourth-order valence-corrected chi connectivity index (χ4v) is 0.892. The first-order valence-corrected chi connectivity index (χ1v) is 3.72. The van der Waals surface area contributed by atoms with Crippen LogP contribution in [0.15, 0.2) is 24.5 Å². The smallest absolute Gasteiger partial charge is 0.363 e. The molecule has 1 aromatic rings. The van der Waals surface area contributed by atoms with Crippen LogP contribution < -0.4 is 5.73 Å². The van der Waals surface area contributed by atoms with Crippen molar-refractivity contribution in [3.05, 3.63) is 40.2 Å². The van der Waals surface area contributed by atoms with Gasteiger partial charge in [0.2, 0.25) is 0 Å². The van der Waals surface area contributed by atoms with Crippen LogP contribution in [0.2, 0.25) is 0 Å². The van der Waals surface area contributed by atoms with Crippen LogP contribution in [-0.4, -0.2) is 16.1 Å². The minimum atomic E-state index is -0.583. The molecule has 0 bridgehead atoms. The molecule has 1 aromatic heterocycles. The summed E-state index contributed by atoms with van der Waals surface area (Å²) in [5, 5.41) is 17.3. The first-order valence-electron chi connectivity index (χ1n) is 3.72. The molecule has 0 saturated heterocycles. The molecule has 0 aromatic carbocycles. The number of nitrogens with zero attached hydrogens (tertiary/aromatic N) is 2. The monoisotopic (exact) mass is 192 g/mol. The molecular weight excluding hydrogens is 184 g/mol. The van der Waals surface area contributed by atoms with E-state index in [4.69, 9.17) is 11.1 Å². The third-order valence-electron chi connectivity index (χ3n) is 1.60. The standard InChI is InChI=1S/C8H8N4O2/c9-3-7(4-10)6-1-2-8(11-5-6)12(13)14/h1-5,9H,10H2. The van der Waals surface area contributed by atoms with Gasteiger partial charge in [0.05, 0.1) is 0 Å². The topological polar surface area (TPSA) is 106 Å². The summed E-state index contributed by atoms with van der Waals surface area (Å²) >= 11 is 0. The molecule has 72 valence electrons. The van der Waals surface area contributed by atoms with Crippen LogP contribution >= 0.6 is 0 Å². The zero-order valence-electron chi connectivity index (χ0n) is 7.18. The van der Waals surface area contributed by atoms with Crippen molar-refractivity contribution in [2.75, 3.05) is 0 Å². The highest BCUT2D eigenvalue weighted by Crippen LogP contribution is 2.13. The molecule has 0 aliphatic rings. The maximum atomic E-state index is 10.3. The Labute approximate surface area is 79.7 Å². The summed E-state index contributed by atoms with van der Waals surface area (Å²) in [7, 11) is 0. The lowest BCUT2D eigenvalue weighted by molar-refractivity contribution is -0.389. The van der Waals surface area contributed by atoms with Crippen molar-refractivity contribution in [2.24, 2.45) is 5.73 Å². The molecule has 1 rings (SSSR count). The molecule has 0 fully saturated rings. The van der Waals surface area contributed by atoms with Crippen molar-refractivity contribution < 1.29 is 4.92 Å². The number of nitrogens with one attached hydrogen (secondary N) is 1. The van der Waals surface area contributed by atoms with Gasteiger partial charge in [0.1, 0.15) is 6.20 Å². The fourth-order valence-electron chi connectivity index (χ4n) is 0.892. The number of pyridine rings is 1. The first-order chi connectivity index (χ1) is 6.69. The van der Waals surface area contributed by atoms with Crippen molar-refractivity contribution >= 4 is 17.6 Å². The second-order valence-electron chi connectivity index (χ2n) is 2.43. The third kappa shape index (κ3) is 1.92.